The van der Waals surface area contributed by atoms with Gasteiger partial charge in [-0.05, 0) is 42.3 Å². The van der Waals surface area contributed by atoms with Crippen molar-refractivity contribution in [3.63, 3.8) is 0 Å². The number of nitrogens with zero attached hydrogens (tertiary/aromatic N) is 4. The van der Waals surface area contributed by atoms with Gasteiger partial charge in [0, 0.05) is 22.9 Å². The van der Waals surface area contributed by atoms with E-state index < -0.39 is 27.7 Å². The lowest BCUT2D eigenvalue weighted by molar-refractivity contribution is -0.142. The van der Waals surface area contributed by atoms with Crippen LogP contribution in [-0.2, 0) is 19.4 Å². The van der Waals surface area contributed by atoms with Gasteiger partial charge >= 0.3 is 0 Å². The number of hydrogen-bond acceptors (Lipinski definition) is 7. The molecule has 2 amide bonds. The quantitative estimate of drug-likeness (QED) is 0.240. The van der Waals surface area contributed by atoms with Crippen molar-refractivity contribution in [1.82, 2.24) is 14.7 Å². The number of carbonyl (C=O) groups is 2. The SMILES string of the molecule is COc1cccc(-c2nn(-c3ccccc3)cc2/C=C2\C(=O)N(C3CCS(=O)(=O)C3)C(=O)C(C#N)=C2c2ccccc2)c1. The van der Waals surface area contributed by atoms with E-state index >= 15 is 0 Å². The van der Waals surface area contributed by atoms with Crippen LogP contribution in [0.1, 0.15) is 17.5 Å². The van der Waals surface area contributed by atoms with Crippen molar-refractivity contribution in [3.8, 4) is 28.8 Å². The second-order valence-corrected chi connectivity index (χ2v) is 12.5. The predicted octanol–water partition coefficient (Wildman–Crippen LogP) is 4.46. The molecule has 2 aliphatic heterocycles. The van der Waals surface area contributed by atoms with Crippen LogP contribution in [0, 0.1) is 11.3 Å². The highest BCUT2D eigenvalue weighted by atomic mass is 32.2. The van der Waals surface area contributed by atoms with Crippen LogP contribution in [-0.4, -0.2) is 59.6 Å². The molecule has 3 aromatic carbocycles. The molecule has 4 aromatic rings. The predicted molar refractivity (Wildman–Crippen MR) is 161 cm³/mol. The first-order valence-electron chi connectivity index (χ1n) is 13.6. The third kappa shape index (κ3) is 5.27. The summed E-state index contributed by atoms with van der Waals surface area (Å²) < 4.78 is 31.8. The van der Waals surface area contributed by atoms with Crippen molar-refractivity contribution in [3.05, 3.63) is 113 Å². The lowest BCUT2D eigenvalue weighted by Gasteiger charge is -2.32. The standard InChI is InChI=1S/C33H26N4O5S/c1-42-27-14-8-11-23(17-27)31-24(20-36(35-31)25-12-6-3-7-13-25)18-28-30(22-9-4-2-5-10-22)29(19-34)33(39)37(32(28)38)26-15-16-43(40,41)21-26/h2-14,17-18,20,26H,15-16,21H2,1H3/b28-18-. The number of hydrogen-bond donors (Lipinski definition) is 0. The second kappa shape index (κ2) is 11.2. The Bertz CT molecular complexity index is 1950. The zero-order valence-corrected chi connectivity index (χ0v) is 24.0. The smallest absolute Gasteiger partial charge is 0.272 e. The Morgan fingerprint density at radius 3 is 2.30 bits per heavy atom. The summed E-state index contributed by atoms with van der Waals surface area (Å²) in [5.41, 5.74) is 3.20. The number of rotatable bonds is 6. The third-order valence-electron chi connectivity index (χ3n) is 7.56. The maximum atomic E-state index is 14.3. The van der Waals surface area contributed by atoms with Crippen molar-refractivity contribution in [2.45, 2.75) is 12.5 Å². The molecule has 0 spiro atoms. The average molecular weight is 591 g/mol. The summed E-state index contributed by atoms with van der Waals surface area (Å²) in [7, 11) is -1.85. The van der Waals surface area contributed by atoms with E-state index in [2.05, 4.69) is 0 Å². The summed E-state index contributed by atoms with van der Waals surface area (Å²) in [6.07, 6.45) is 3.53. The van der Waals surface area contributed by atoms with Crippen molar-refractivity contribution in [2.24, 2.45) is 0 Å². The highest BCUT2D eigenvalue weighted by Gasteiger charge is 2.45. The van der Waals surface area contributed by atoms with E-state index in [1.54, 1.807) is 54.4 Å². The average Bonchev–Trinajstić information content (AvgIpc) is 3.62. The number of benzene rings is 3. The van der Waals surface area contributed by atoms with Gasteiger partial charge in [0.05, 0.1) is 35.9 Å². The lowest BCUT2D eigenvalue weighted by Crippen LogP contribution is -2.49. The van der Waals surface area contributed by atoms with Crippen molar-refractivity contribution in [1.29, 1.82) is 5.26 Å². The van der Waals surface area contributed by atoms with E-state index in [1.807, 2.05) is 60.7 Å². The fourth-order valence-corrected chi connectivity index (χ4v) is 7.20. The molecule has 0 saturated carbocycles. The van der Waals surface area contributed by atoms with Crippen LogP contribution in [0.3, 0.4) is 0 Å². The van der Waals surface area contributed by atoms with Gasteiger partial charge in [-0.2, -0.15) is 10.4 Å². The van der Waals surface area contributed by atoms with Gasteiger partial charge in [-0.3, -0.25) is 14.5 Å². The molecule has 6 rings (SSSR count). The summed E-state index contributed by atoms with van der Waals surface area (Å²) >= 11 is 0. The lowest BCUT2D eigenvalue weighted by atomic mass is 9.86. The van der Waals surface area contributed by atoms with Crippen molar-refractivity contribution in [2.75, 3.05) is 18.6 Å². The number of carbonyl (C=O) groups excluding carboxylic acids is 2. The Labute approximate surface area is 248 Å². The van der Waals surface area contributed by atoms with Crippen LogP contribution in [0.25, 0.3) is 28.6 Å². The third-order valence-corrected chi connectivity index (χ3v) is 9.31. The highest BCUT2D eigenvalue weighted by Crippen LogP contribution is 2.38. The minimum absolute atomic E-state index is 0.100. The number of aromatic nitrogens is 2. The first kappa shape index (κ1) is 27.9. The monoisotopic (exact) mass is 590 g/mol. The largest absolute Gasteiger partial charge is 0.497 e. The Morgan fingerprint density at radius 2 is 1.65 bits per heavy atom. The van der Waals surface area contributed by atoms with Crippen molar-refractivity contribution < 1.29 is 22.7 Å². The van der Waals surface area contributed by atoms with E-state index in [1.165, 1.54) is 0 Å². The number of sulfone groups is 1. The molecule has 0 N–H and O–H groups in total. The molecule has 1 atom stereocenters. The first-order chi connectivity index (χ1) is 20.8. The number of para-hydroxylation sites is 1. The van der Waals surface area contributed by atoms with E-state index in [0.29, 0.717) is 22.6 Å². The zero-order chi connectivity index (χ0) is 30.1. The molecular weight excluding hydrogens is 564 g/mol. The van der Waals surface area contributed by atoms with E-state index in [9.17, 15) is 23.3 Å². The molecule has 2 aliphatic rings. The van der Waals surface area contributed by atoms with Gasteiger partial charge in [-0.1, -0.05) is 60.7 Å². The van der Waals surface area contributed by atoms with E-state index in [4.69, 9.17) is 9.84 Å². The van der Waals surface area contributed by atoms with Crippen LogP contribution in [0.15, 0.2) is 102 Å². The van der Waals surface area contributed by atoms with Crippen LogP contribution in [0.4, 0.5) is 0 Å². The summed E-state index contributed by atoms with van der Waals surface area (Å²) in [4.78, 5) is 28.9. The second-order valence-electron chi connectivity index (χ2n) is 10.3. The summed E-state index contributed by atoms with van der Waals surface area (Å²) in [6, 6.07) is 26.7. The van der Waals surface area contributed by atoms with Gasteiger partial charge < -0.3 is 4.74 Å². The maximum Gasteiger partial charge on any atom is 0.272 e. The first-order valence-corrected chi connectivity index (χ1v) is 15.4. The van der Waals surface area contributed by atoms with Crippen LogP contribution in [0.5, 0.6) is 5.75 Å². The number of ether oxygens (including phenoxy) is 1. The topological polar surface area (TPSA) is 122 Å². The number of methoxy groups -OCH3 is 1. The van der Waals surface area contributed by atoms with Crippen LogP contribution >= 0.6 is 0 Å². The van der Waals surface area contributed by atoms with Gasteiger partial charge in [0.2, 0.25) is 0 Å². The van der Waals surface area contributed by atoms with Crippen LogP contribution < -0.4 is 4.74 Å². The normalized spacial score (nSPS) is 19.1. The molecule has 3 heterocycles. The number of imide groups is 1. The van der Waals surface area contributed by atoms with Gasteiger partial charge in [-0.15, -0.1) is 0 Å². The van der Waals surface area contributed by atoms with Crippen molar-refractivity contribution >= 4 is 33.3 Å². The molecule has 1 saturated heterocycles. The van der Waals surface area contributed by atoms with Gasteiger partial charge in [0.1, 0.15) is 23.1 Å². The molecule has 1 aromatic heterocycles. The maximum absolute atomic E-state index is 14.3. The Kier molecular flexibility index (Phi) is 7.26. The fourth-order valence-electron chi connectivity index (χ4n) is 5.50. The minimum Gasteiger partial charge on any atom is -0.497 e. The molecule has 10 heteroatoms. The summed E-state index contributed by atoms with van der Waals surface area (Å²) in [5.74, 6) is -1.30. The zero-order valence-electron chi connectivity index (χ0n) is 23.2. The number of nitriles is 1. The molecule has 43 heavy (non-hydrogen) atoms. The Balaban J connectivity index is 1.60. The molecule has 0 radical (unpaired) electrons. The molecule has 214 valence electrons. The summed E-state index contributed by atoms with van der Waals surface area (Å²) in [6.45, 7) is 0. The number of amides is 2. The molecule has 0 bridgehead atoms. The van der Waals surface area contributed by atoms with Crippen LogP contribution in [0.2, 0.25) is 0 Å². The molecule has 9 nitrogen and oxygen atoms in total. The molecular formula is C33H26N4O5S. The minimum atomic E-state index is -3.42. The van der Waals surface area contributed by atoms with Gasteiger partial charge in [0.25, 0.3) is 11.8 Å². The van der Waals surface area contributed by atoms with Gasteiger partial charge in [0.15, 0.2) is 9.84 Å². The molecule has 1 fully saturated rings. The van der Waals surface area contributed by atoms with Gasteiger partial charge in [-0.25, -0.2) is 13.1 Å². The Morgan fingerprint density at radius 1 is 0.953 bits per heavy atom. The molecule has 0 aliphatic carbocycles. The fraction of sp³-hybridized carbons (Fsp3) is 0.152. The van der Waals surface area contributed by atoms with E-state index in [0.717, 1.165) is 16.2 Å². The summed E-state index contributed by atoms with van der Waals surface area (Å²) in [5, 5.41) is 15.1. The van der Waals surface area contributed by atoms with E-state index in [-0.39, 0.29) is 34.6 Å². The molecule has 1 unspecified atom stereocenters. The Hall–Kier alpha value is -5.27. The highest BCUT2D eigenvalue weighted by molar-refractivity contribution is 7.91.